The monoisotopic (exact) mass is 726 g/mol. The van der Waals surface area contributed by atoms with Crippen molar-refractivity contribution >= 4 is 77.1 Å². The highest BCUT2D eigenvalue weighted by Gasteiger charge is 2.19. The first-order chi connectivity index (χ1) is 28.2. The second-order valence-corrected chi connectivity index (χ2v) is 14.9. The zero-order chi connectivity index (χ0) is 37.5. The van der Waals surface area contributed by atoms with Crippen molar-refractivity contribution in [1.29, 1.82) is 0 Å². The Balaban J connectivity index is 0.991. The fraction of sp³-hybridized carbons (Fsp3) is 0. The lowest BCUT2D eigenvalue weighted by Crippen LogP contribution is -2.09. The molecule has 12 rings (SSSR count). The number of anilines is 3. The van der Waals surface area contributed by atoms with E-state index < -0.39 is 0 Å². The molecule has 0 N–H and O–H groups in total. The van der Waals surface area contributed by atoms with Crippen LogP contribution in [0.25, 0.3) is 93.4 Å². The van der Waals surface area contributed by atoms with Crippen LogP contribution in [0, 0.1) is 0 Å². The summed E-state index contributed by atoms with van der Waals surface area (Å²) in [5.41, 5.74) is 15.9. The molecule has 3 heterocycles. The van der Waals surface area contributed by atoms with Crippen LogP contribution in [0.5, 0.6) is 0 Å². The lowest BCUT2D eigenvalue weighted by atomic mass is 10.0. The molecular weight excluding hydrogens is 693 g/mol. The molecule has 0 radical (unpaired) electrons. The van der Waals surface area contributed by atoms with Gasteiger partial charge >= 0.3 is 0 Å². The van der Waals surface area contributed by atoms with Gasteiger partial charge in [0.15, 0.2) is 0 Å². The van der Waals surface area contributed by atoms with Gasteiger partial charge in [0.2, 0.25) is 0 Å². The fourth-order valence-electron chi connectivity index (χ4n) is 9.01. The summed E-state index contributed by atoms with van der Waals surface area (Å²) in [6.07, 6.45) is 0. The molecule has 0 aliphatic carbocycles. The number of benzene rings is 9. The smallest absolute Gasteiger partial charge is 0.135 e. The summed E-state index contributed by atoms with van der Waals surface area (Å²) >= 11 is 0. The third kappa shape index (κ3) is 4.99. The molecule has 0 atom stereocenters. The van der Waals surface area contributed by atoms with Gasteiger partial charge in [-0.25, -0.2) is 0 Å². The van der Waals surface area contributed by atoms with E-state index in [-0.39, 0.29) is 0 Å². The van der Waals surface area contributed by atoms with Gasteiger partial charge in [0.25, 0.3) is 0 Å². The van der Waals surface area contributed by atoms with Crippen molar-refractivity contribution in [2.75, 3.05) is 4.90 Å². The molecule has 57 heavy (non-hydrogen) atoms. The largest absolute Gasteiger partial charge is 0.456 e. The number of hydrogen-bond donors (Lipinski definition) is 0. The van der Waals surface area contributed by atoms with Crippen LogP contribution in [0.4, 0.5) is 17.1 Å². The Labute approximate surface area is 329 Å². The van der Waals surface area contributed by atoms with Crippen LogP contribution >= 0.6 is 0 Å². The molecule has 9 aromatic carbocycles. The normalized spacial score (nSPS) is 11.9. The highest BCUT2D eigenvalue weighted by atomic mass is 16.3. The van der Waals surface area contributed by atoms with Gasteiger partial charge in [-0.05, 0) is 100 Å². The third-order valence-corrected chi connectivity index (χ3v) is 11.7. The van der Waals surface area contributed by atoms with Crippen molar-refractivity contribution < 1.29 is 4.42 Å². The predicted molar refractivity (Wildman–Crippen MR) is 239 cm³/mol. The first-order valence-electron chi connectivity index (χ1n) is 19.5. The number of fused-ring (bicyclic) bond motifs is 9. The summed E-state index contributed by atoms with van der Waals surface area (Å²) < 4.78 is 8.94. The Morgan fingerprint density at radius 1 is 0.298 bits per heavy atom. The Kier molecular flexibility index (Phi) is 6.93. The van der Waals surface area contributed by atoms with Gasteiger partial charge < -0.3 is 13.7 Å². The number of furan rings is 1. The minimum atomic E-state index is 0.871. The van der Waals surface area contributed by atoms with Crippen molar-refractivity contribution in [3.05, 3.63) is 206 Å². The van der Waals surface area contributed by atoms with Crippen molar-refractivity contribution in [2.24, 2.45) is 0 Å². The van der Waals surface area contributed by atoms with Crippen LogP contribution < -0.4 is 4.90 Å². The van der Waals surface area contributed by atoms with Crippen LogP contribution in [-0.4, -0.2) is 4.40 Å². The standard InChI is InChI=1S/C54H34N2O/c1-3-10-35(11-4-1)37-18-24-41(25-19-37)55(42-26-20-38(21-27-42)36-12-5-2-6-13-36)43-28-31-53-49(34-43)48-32-39(23-30-52(48)57-53)40-22-29-45-47-16-9-15-46-44-14-7-8-17-50(44)56(54(46)47)51(45)33-40/h1-34H. The Morgan fingerprint density at radius 2 is 0.772 bits per heavy atom. The zero-order valence-corrected chi connectivity index (χ0v) is 30.9. The third-order valence-electron chi connectivity index (χ3n) is 11.7. The molecule has 3 nitrogen and oxygen atoms in total. The number of aromatic nitrogens is 1. The average molecular weight is 727 g/mol. The van der Waals surface area contributed by atoms with Gasteiger partial charge in [-0.2, -0.15) is 0 Å². The SMILES string of the molecule is c1ccc(-c2ccc(N(c3ccc(-c4ccccc4)cc3)c3ccc4oc5ccc(-c6ccc7c8cccc9c%10ccccc%10n(c7c6)c98)cc5c4c3)cc2)cc1. The molecule has 0 fully saturated rings. The average Bonchev–Trinajstić information content (AvgIpc) is 3.94. The van der Waals surface area contributed by atoms with Crippen LogP contribution in [-0.2, 0) is 0 Å². The molecule has 0 unspecified atom stereocenters. The Morgan fingerprint density at radius 3 is 1.44 bits per heavy atom. The molecule has 3 aromatic heterocycles. The maximum Gasteiger partial charge on any atom is 0.135 e. The second-order valence-electron chi connectivity index (χ2n) is 14.9. The van der Waals surface area contributed by atoms with E-state index in [1.165, 1.54) is 65.9 Å². The quantitative estimate of drug-likeness (QED) is 0.170. The van der Waals surface area contributed by atoms with Crippen molar-refractivity contribution in [2.45, 2.75) is 0 Å². The molecular formula is C54H34N2O. The summed E-state index contributed by atoms with van der Waals surface area (Å²) in [4.78, 5) is 2.34. The first kappa shape index (κ1) is 31.7. The van der Waals surface area contributed by atoms with Gasteiger partial charge in [0, 0.05) is 49.4 Å². The number of rotatable bonds is 6. The van der Waals surface area contributed by atoms with E-state index in [4.69, 9.17) is 4.42 Å². The maximum absolute atomic E-state index is 6.49. The Bertz CT molecular complexity index is 3350. The molecule has 0 aliphatic rings. The number of hydrogen-bond acceptors (Lipinski definition) is 2. The highest BCUT2D eigenvalue weighted by molar-refractivity contribution is 6.23. The van der Waals surface area contributed by atoms with E-state index in [0.717, 1.165) is 44.6 Å². The Hall–Kier alpha value is -7.62. The molecule has 266 valence electrons. The number of para-hydroxylation sites is 2. The van der Waals surface area contributed by atoms with Gasteiger partial charge in [0.05, 0.1) is 16.6 Å². The van der Waals surface area contributed by atoms with Crippen molar-refractivity contribution in [3.63, 3.8) is 0 Å². The summed E-state index contributed by atoms with van der Waals surface area (Å²) in [5, 5.41) is 7.35. The van der Waals surface area contributed by atoms with Crippen molar-refractivity contribution in [1.82, 2.24) is 4.40 Å². The van der Waals surface area contributed by atoms with Gasteiger partial charge in [-0.3, -0.25) is 0 Å². The van der Waals surface area contributed by atoms with E-state index in [1.54, 1.807) is 0 Å². The van der Waals surface area contributed by atoms with Crippen LogP contribution in [0.1, 0.15) is 0 Å². The van der Waals surface area contributed by atoms with E-state index in [9.17, 15) is 0 Å². The lowest BCUT2D eigenvalue weighted by Gasteiger charge is -2.26. The second kappa shape index (κ2) is 12.5. The fourth-order valence-corrected chi connectivity index (χ4v) is 9.01. The van der Waals surface area contributed by atoms with Crippen LogP contribution in [0.2, 0.25) is 0 Å². The topological polar surface area (TPSA) is 20.8 Å². The van der Waals surface area contributed by atoms with E-state index >= 15 is 0 Å². The summed E-state index contributed by atoms with van der Waals surface area (Å²) in [6.45, 7) is 0. The highest BCUT2D eigenvalue weighted by Crippen LogP contribution is 2.43. The van der Waals surface area contributed by atoms with Gasteiger partial charge in [-0.1, -0.05) is 140 Å². The van der Waals surface area contributed by atoms with Gasteiger partial charge in [-0.15, -0.1) is 0 Å². The minimum Gasteiger partial charge on any atom is -0.456 e. The van der Waals surface area contributed by atoms with Crippen LogP contribution in [0.15, 0.2) is 211 Å². The van der Waals surface area contributed by atoms with E-state index in [2.05, 4.69) is 216 Å². The molecule has 0 aliphatic heterocycles. The summed E-state index contributed by atoms with van der Waals surface area (Å²) in [5.74, 6) is 0. The molecule has 12 aromatic rings. The molecule has 3 heteroatoms. The zero-order valence-electron chi connectivity index (χ0n) is 30.9. The lowest BCUT2D eigenvalue weighted by molar-refractivity contribution is 0.669. The molecule has 0 saturated heterocycles. The molecule has 0 spiro atoms. The molecule has 0 bridgehead atoms. The summed E-state index contributed by atoms with van der Waals surface area (Å²) in [7, 11) is 0. The number of nitrogens with zero attached hydrogens (tertiary/aromatic N) is 2. The van der Waals surface area contributed by atoms with Crippen molar-refractivity contribution in [3.8, 4) is 33.4 Å². The summed E-state index contributed by atoms with van der Waals surface area (Å²) in [6, 6.07) is 74.3. The maximum atomic E-state index is 6.49. The van der Waals surface area contributed by atoms with E-state index in [0.29, 0.717) is 0 Å². The van der Waals surface area contributed by atoms with Gasteiger partial charge in [0.1, 0.15) is 11.2 Å². The molecule has 0 saturated carbocycles. The van der Waals surface area contributed by atoms with Crippen LogP contribution in [0.3, 0.4) is 0 Å². The first-order valence-corrected chi connectivity index (χ1v) is 19.5. The molecule has 0 amide bonds. The minimum absolute atomic E-state index is 0.871. The van der Waals surface area contributed by atoms with E-state index in [1.807, 2.05) is 0 Å². The predicted octanol–water partition coefficient (Wildman–Crippen LogP) is 15.2.